The van der Waals surface area contributed by atoms with Gasteiger partial charge in [-0.1, -0.05) is 30.3 Å². The number of benzene rings is 1. The fourth-order valence-electron chi connectivity index (χ4n) is 2.22. The summed E-state index contributed by atoms with van der Waals surface area (Å²) in [6, 6.07) is 9.11. The Hall–Kier alpha value is -1.84. The molecule has 0 radical (unpaired) electrons. The van der Waals surface area contributed by atoms with Gasteiger partial charge in [0.1, 0.15) is 0 Å². The molecule has 2 atom stereocenters. The van der Waals surface area contributed by atoms with E-state index >= 15 is 0 Å². The van der Waals surface area contributed by atoms with E-state index < -0.39 is 11.4 Å². The summed E-state index contributed by atoms with van der Waals surface area (Å²) in [6.45, 7) is 1.50. The Morgan fingerprint density at radius 3 is 2.59 bits per heavy atom. The number of hydrogen-bond acceptors (Lipinski definition) is 3. The second kappa shape index (κ2) is 4.20. The minimum absolute atomic E-state index is 0.119. The Morgan fingerprint density at radius 1 is 1.41 bits per heavy atom. The van der Waals surface area contributed by atoms with Crippen molar-refractivity contribution in [2.45, 2.75) is 18.8 Å². The van der Waals surface area contributed by atoms with E-state index in [0.29, 0.717) is 6.42 Å². The first-order valence-corrected chi connectivity index (χ1v) is 5.49. The smallest absolute Gasteiger partial charge is 0.314 e. The zero-order valence-electron chi connectivity index (χ0n) is 9.55. The van der Waals surface area contributed by atoms with Crippen molar-refractivity contribution in [2.24, 2.45) is 5.92 Å². The average Bonchev–Trinajstić information content (AvgIpc) is 3.03. The Labute approximate surface area is 99.2 Å². The molecule has 1 fully saturated rings. The molecule has 90 valence electrons. The summed E-state index contributed by atoms with van der Waals surface area (Å²) in [5, 5.41) is 9.35. The van der Waals surface area contributed by atoms with Gasteiger partial charge in [-0.15, -0.1) is 0 Å². The van der Waals surface area contributed by atoms with Crippen LogP contribution >= 0.6 is 0 Å². The second-order valence-electron chi connectivity index (χ2n) is 4.35. The van der Waals surface area contributed by atoms with E-state index in [4.69, 9.17) is 4.74 Å². The predicted octanol–water partition coefficient (Wildman–Crippen LogP) is 1.59. The lowest BCUT2D eigenvalue weighted by Gasteiger charge is -2.12. The van der Waals surface area contributed by atoms with Crippen LogP contribution in [0.25, 0.3) is 0 Å². The molecule has 0 aromatic heterocycles. The molecule has 1 N–H and O–H groups in total. The van der Waals surface area contributed by atoms with E-state index in [0.717, 1.165) is 5.56 Å². The van der Waals surface area contributed by atoms with E-state index in [1.807, 2.05) is 30.3 Å². The highest BCUT2D eigenvalue weighted by Gasteiger charge is 2.61. The monoisotopic (exact) mass is 234 g/mol. The normalized spacial score (nSPS) is 26.3. The molecule has 1 saturated carbocycles. The highest BCUT2D eigenvalue weighted by atomic mass is 16.5. The minimum Gasteiger partial charge on any atom is -0.481 e. The molecule has 17 heavy (non-hydrogen) atoms. The van der Waals surface area contributed by atoms with Gasteiger partial charge < -0.3 is 9.84 Å². The minimum atomic E-state index is -0.864. The summed E-state index contributed by atoms with van der Waals surface area (Å²) >= 11 is 0. The van der Waals surface area contributed by atoms with Crippen molar-refractivity contribution in [2.75, 3.05) is 6.61 Å². The van der Waals surface area contributed by atoms with Crippen LogP contribution in [-0.4, -0.2) is 23.7 Å². The predicted molar refractivity (Wildman–Crippen MR) is 60.5 cm³/mol. The molecule has 1 aromatic carbocycles. The average molecular weight is 234 g/mol. The van der Waals surface area contributed by atoms with Crippen molar-refractivity contribution in [3.63, 3.8) is 0 Å². The summed E-state index contributed by atoms with van der Waals surface area (Å²) in [7, 11) is 0. The fraction of sp³-hybridized carbons (Fsp3) is 0.385. The van der Waals surface area contributed by atoms with Crippen molar-refractivity contribution in [1.82, 2.24) is 0 Å². The fourth-order valence-corrected chi connectivity index (χ4v) is 2.22. The number of esters is 1. The quantitative estimate of drug-likeness (QED) is 0.803. The molecule has 0 bridgehead atoms. The van der Waals surface area contributed by atoms with Crippen molar-refractivity contribution < 1.29 is 19.4 Å². The highest BCUT2D eigenvalue weighted by molar-refractivity contribution is 5.86. The molecule has 2 unspecified atom stereocenters. The third kappa shape index (κ3) is 2.02. The third-order valence-corrected chi connectivity index (χ3v) is 3.26. The van der Waals surface area contributed by atoms with E-state index in [1.54, 1.807) is 0 Å². The van der Waals surface area contributed by atoms with Gasteiger partial charge in [0.2, 0.25) is 0 Å². The first kappa shape index (κ1) is 11.6. The molecule has 1 aliphatic carbocycles. The van der Waals surface area contributed by atoms with Gasteiger partial charge in [0.15, 0.2) is 0 Å². The van der Waals surface area contributed by atoms with E-state index in [-0.39, 0.29) is 18.5 Å². The van der Waals surface area contributed by atoms with Gasteiger partial charge in [0.25, 0.3) is 0 Å². The number of carbonyl (C=O) groups excluding carboxylic acids is 1. The van der Waals surface area contributed by atoms with Crippen LogP contribution in [0, 0.1) is 5.92 Å². The number of rotatable bonds is 4. The zero-order valence-corrected chi connectivity index (χ0v) is 9.55. The lowest BCUT2D eigenvalue weighted by molar-refractivity contribution is -0.144. The van der Waals surface area contributed by atoms with Crippen molar-refractivity contribution in [3.05, 3.63) is 35.9 Å². The first-order chi connectivity index (χ1) is 8.07. The van der Waals surface area contributed by atoms with Crippen LogP contribution < -0.4 is 0 Å². The summed E-state index contributed by atoms with van der Waals surface area (Å²) in [6.07, 6.45) is 0.527. The summed E-state index contributed by atoms with van der Waals surface area (Å²) in [5.41, 5.74) is -0.0823. The largest absolute Gasteiger partial charge is 0.481 e. The standard InChI is InChI=1S/C13H14O4/c1-9(14)17-8-11-7-13(11,12(15)16)10-5-3-2-4-6-10/h2-6,11H,7-8H2,1H3,(H,15,16). The van der Waals surface area contributed by atoms with Crippen LogP contribution in [-0.2, 0) is 19.7 Å². The summed E-state index contributed by atoms with van der Waals surface area (Å²) in [5.74, 6) is -1.34. The van der Waals surface area contributed by atoms with E-state index in [1.165, 1.54) is 6.92 Å². The van der Waals surface area contributed by atoms with Gasteiger partial charge in [-0.3, -0.25) is 9.59 Å². The van der Waals surface area contributed by atoms with Crippen LogP contribution in [0.3, 0.4) is 0 Å². The van der Waals surface area contributed by atoms with Crippen LogP contribution in [0.1, 0.15) is 18.9 Å². The number of ether oxygens (including phenoxy) is 1. The number of aliphatic carboxylic acids is 1. The molecule has 4 heteroatoms. The number of carboxylic acid groups (broad SMARTS) is 1. The second-order valence-corrected chi connectivity index (χ2v) is 4.35. The molecule has 0 aliphatic heterocycles. The molecular weight excluding hydrogens is 220 g/mol. The van der Waals surface area contributed by atoms with Gasteiger partial charge in [-0.2, -0.15) is 0 Å². The molecule has 0 saturated heterocycles. The van der Waals surface area contributed by atoms with Crippen LogP contribution in [0.15, 0.2) is 30.3 Å². The molecule has 0 amide bonds. The Kier molecular flexibility index (Phi) is 2.88. The first-order valence-electron chi connectivity index (χ1n) is 5.49. The van der Waals surface area contributed by atoms with Crippen LogP contribution in [0.4, 0.5) is 0 Å². The SMILES string of the molecule is CC(=O)OCC1CC1(C(=O)O)c1ccccc1. The highest BCUT2D eigenvalue weighted by Crippen LogP contribution is 2.54. The van der Waals surface area contributed by atoms with Gasteiger partial charge in [0, 0.05) is 12.8 Å². The topological polar surface area (TPSA) is 63.6 Å². The molecule has 1 aromatic rings. The molecule has 0 heterocycles. The summed E-state index contributed by atoms with van der Waals surface area (Å²) in [4.78, 5) is 22.1. The van der Waals surface area contributed by atoms with Crippen LogP contribution in [0.2, 0.25) is 0 Å². The Morgan fingerprint density at radius 2 is 2.06 bits per heavy atom. The van der Waals surface area contributed by atoms with Crippen LogP contribution in [0.5, 0.6) is 0 Å². The molecule has 4 nitrogen and oxygen atoms in total. The van der Waals surface area contributed by atoms with Gasteiger partial charge >= 0.3 is 11.9 Å². The van der Waals surface area contributed by atoms with Gasteiger partial charge in [-0.25, -0.2) is 0 Å². The maximum atomic E-state index is 11.4. The van der Waals surface area contributed by atoms with E-state index in [2.05, 4.69) is 0 Å². The Bertz CT molecular complexity index is 440. The molecular formula is C13H14O4. The molecule has 2 rings (SSSR count). The van der Waals surface area contributed by atoms with Gasteiger partial charge in [-0.05, 0) is 12.0 Å². The Balaban J connectivity index is 2.16. The maximum absolute atomic E-state index is 11.4. The number of carboxylic acids is 1. The van der Waals surface area contributed by atoms with Crippen molar-refractivity contribution in [1.29, 1.82) is 0 Å². The molecule has 1 aliphatic rings. The number of carbonyl (C=O) groups is 2. The lowest BCUT2D eigenvalue weighted by Crippen LogP contribution is -2.24. The lowest BCUT2D eigenvalue weighted by atomic mass is 9.93. The summed E-state index contributed by atoms with van der Waals surface area (Å²) < 4.78 is 4.89. The maximum Gasteiger partial charge on any atom is 0.314 e. The van der Waals surface area contributed by atoms with Gasteiger partial charge in [0.05, 0.1) is 12.0 Å². The zero-order chi connectivity index (χ0) is 12.5. The number of hydrogen-bond donors (Lipinski definition) is 1. The third-order valence-electron chi connectivity index (χ3n) is 3.26. The molecule has 0 spiro atoms. The van der Waals surface area contributed by atoms with Crippen molar-refractivity contribution in [3.8, 4) is 0 Å². The van der Waals surface area contributed by atoms with Crippen molar-refractivity contribution >= 4 is 11.9 Å². The van der Waals surface area contributed by atoms with E-state index in [9.17, 15) is 14.7 Å².